The van der Waals surface area contributed by atoms with Crippen molar-refractivity contribution in [3.8, 4) is 6.07 Å². The third-order valence-electron chi connectivity index (χ3n) is 3.84. The minimum atomic E-state index is -3.07. The van der Waals surface area contributed by atoms with Crippen molar-refractivity contribution in [3.05, 3.63) is 29.6 Å². The van der Waals surface area contributed by atoms with Crippen LogP contribution in [0.5, 0.6) is 0 Å². The number of aromatic nitrogens is 1. The summed E-state index contributed by atoms with van der Waals surface area (Å²) in [5, 5.41) is 11.3. The molecule has 0 aromatic carbocycles. The van der Waals surface area contributed by atoms with Gasteiger partial charge in [-0.05, 0) is 24.5 Å². The van der Waals surface area contributed by atoms with Gasteiger partial charge < -0.3 is 10.2 Å². The first kappa shape index (κ1) is 18.8. The van der Waals surface area contributed by atoms with Gasteiger partial charge in [-0.25, -0.2) is 8.78 Å². The van der Waals surface area contributed by atoms with Crippen LogP contribution in [0, 0.1) is 17.2 Å². The highest BCUT2D eigenvalue weighted by molar-refractivity contribution is 5.96. The fourth-order valence-corrected chi connectivity index (χ4v) is 2.70. The number of carbonyl (C=O) groups is 2. The second-order valence-electron chi connectivity index (χ2n) is 6.54. The van der Waals surface area contributed by atoms with Crippen molar-refractivity contribution in [3.63, 3.8) is 0 Å². The number of hydrogen-bond donors (Lipinski definition) is 1. The molecule has 1 atom stereocenters. The van der Waals surface area contributed by atoms with Gasteiger partial charge in [0.05, 0.1) is 19.2 Å². The van der Waals surface area contributed by atoms with Crippen LogP contribution in [0.2, 0.25) is 0 Å². The number of halogens is 2. The number of pyridine rings is 1. The van der Waals surface area contributed by atoms with Gasteiger partial charge >= 0.3 is 0 Å². The normalized spacial score (nSPS) is 18.9. The van der Waals surface area contributed by atoms with Crippen molar-refractivity contribution < 1.29 is 19.8 Å². The van der Waals surface area contributed by atoms with E-state index >= 15 is 0 Å². The number of hydrogen-bond acceptors (Lipinski definition) is 4. The maximum Gasteiger partial charge on any atom is 0.268 e. The summed E-state index contributed by atoms with van der Waals surface area (Å²) in [6.07, 6.45) is 1.56. The molecule has 2 rings (SSSR count). The molecule has 0 bridgehead atoms. The lowest BCUT2D eigenvalue weighted by Crippen LogP contribution is -2.43. The zero-order valence-electron chi connectivity index (χ0n) is 14.1. The van der Waals surface area contributed by atoms with Crippen LogP contribution < -0.4 is 5.32 Å². The maximum atomic E-state index is 13.4. The Morgan fingerprint density at radius 2 is 2.28 bits per heavy atom. The average Bonchev–Trinajstić information content (AvgIpc) is 2.87. The molecule has 1 N–H and O–H groups in total. The van der Waals surface area contributed by atoms with Crippen molar-refractivity contribution in [1.29, 1.82) is 5.26 Å². The Balaban J connectivity index is 0.00000338. The number of nitrogens with one attached hydrogen (secondary N) is 1. The highest BCUT2D eigenvalue weighted by atomic mass is 19.3. The van der Waals surface area contributed by atoms with Crippen molar-refractivity contribution >= 4 is 11.8 Å². The molecule has 0 radical (unpaired) electrons. The van der Waals surface area contributed by atoms with Gasteiger partial charge in [0.25, 0.3) is 11.8 Å². The number of nitrogens with zero attached hydrogens (tertiary/aromatic N) is 3. The number of likely N-dealkylation sites (tertiary alicyclic amines) is 1. The molecule has 2 amide bonds. The van der Waals surface area contributed by atoms with Gasteiger partial charge in [-0.3, -0.25) is 14.6 Å². The molecule has 1 aliphatic rings. The summed E-state index contributed by atoms with van der Waals surface area (Å²) in [5.74, 6) is -3.88. The Bertz CT molecular complexity index is 706. The highest BCUT2D eigenvalue weighted by Crippen LogP contribution is 2.31. The molecule has 0 saturated carbocycles. The quantitative estimate of drug-likeness (QED) is 0.878. The van der Waals surface area contributed by atoms with Crippen LogP contribution in [0.25, 0.3) is 0 Å². The van der Waals surface area contributed by atoms with Gasteiger partial charge in [-0.2, -0.15) is 5.26 Å². The van der Waals surface area contributed by atoms with E-state index in [1.807, 2.05) is 13.8 Å². The molecular formula is C17H22F2N4O2. The minimum Gasteiger partial charge on any atom is -0.343 e. The molecule has 1 aromatic heterocycles. The lowest BCUT2D eigenvalue weighted by Gasteiger charge is -2.19. The zero-order chi connectivity index (χ0) is 18.6. The van der Waals surface area contributed by atoms with Crippen molar-refractivity contribution in [1.82, 2.24) is 15.2 Å². The number of amides is 2. The molecule has 1 aliphatic heterocycles. The average molecular weight is 352 g/mol. The van der Waals surface area contributed by atoms with Crippen molar-refractivity contribution in [2.45, 2.75) is 38.7 Å². The number of alkyl halides is 2. The zero-order valence-corrected chi connectivity index (χ0v) is 14.1. The lowest BCUT2D eigenvalue weighted by atomic mass is 10.1. The van der Waals surface area contributed by atoms with E-state index in [9.17, 15) is 18.4 Å². The van der Waals surface area contributed by atoms with Gasteiger partial charge in [0.2, 0.25) is 5.91 Å². The molecule has 1 saturated heterocycles. The molecule has 0 spiro atoms. The largest absolute Gasteiger partial charge is 0.343 e. The summed E-state index contributed by atoms with van der Waals surface area (Å²) in [7, 11) is 0. The highest BCUT2D eigenvalue weighted by Gasteiger charge is 2.47. The van der Waals surface area contributed by atoms with E-state index < -0.39 is 43.3 Å². The summed E-state index contributed by atoms with van der Waals surface area (Å²) in [6.45, 7) is 2.83. The summed E-state index contributed by atoms with van der Waals surface area (Å²) in [4.78, 5) is 29.2. The molecule has 8 heteroatoms. The van der Waals surface area contributed by atoms with Crippen LogP contribution in [-0.4, -0.2) is 46.8 Å². The first-order chi connectivity index (χ1) is 11.7. The summed E-state index contributed by atoms with van der Waals surface area (Å²) in [5.41, 5.74) is 1.11. The molecule has 136 valence electrons. The van der Waals surface area contributed by atoms with Gasteiger partial charge in [0.1, 0.15) is 6.04 Å². The molecule has 1 aromatic rings. The molecule has 25 heavy (non-hydrogen) atoms. The van der Waals surface area contributed by atoms with E-state index in [2.05, 4.69) is 10.3 Å². The number of nitriles is 1. The van der Waals surface area contributed by atoms with E-state index in [4.69, 9.17) is 5.26 Å². The van der Waals surface area contributed by atoms with Crippen LogP contribution >= 0.6 is 0 Å². The van der Waals surface area contributed by atoms with E-state index in [1.165, 1.54) is 12.3 Å². The Morgan fingerprint density at radius 1 is 1.56 bits per heavy atom. The van der Waals surface area contributed by atoms with Crippen LogP contribution in [0.4, 0.5) is 8.78 Å². The van der Waals surface area contributed by atoms with Crippen molar-refractivity contribution in [2.24, 2.45) is 5.92 Å². The Kier molecular flexibility index (Phi) is 5.67. The molecule has 2 heterocycles. The smallest absolute Gasteiger partial charge is 0.268 e. The predicted octanol–water partition coefficient (Wildman–Crippen LogP) is 2.02. The predicted molar refractivity (Wildman–Crippen MR) is 87.9 cm³/mol. The maximum absolute atomic E-state index is 13.4. The monoisotopic (exact) mass is 352 g/mol. The Morgan fingerprint density at radius 3 is 2.92 bits per heavy atom. The summed E-state index contributed by atoms with van der Waals surface area (Å²) < 4.78 is 26.7. The van der Waals surface area contributed by atoms with Gasteiger partial charge in [0.15, 0.2) is 0 Å². The first-order valence-corrected chi connectivity index (χ1v) is 8.02. The number of carbonyl (C=O) groups excluding carboxylic acids is 2. The molecule has 6 nitrogen and oxygen atoms in total. The van der Waals surface area contributed by atoms with Crippen LogP contribution in [-0.2, 0) is 11.2 Å². The van der Waals surface area contributed by atoms with Gasteiger partial charge in [-0.1, -0.05) is 13.8 Å². The number of rotatable bonds is 5. The second-order valence-corrected chi connectivity index (χ2v) is 6.54. The fraction of sp³-hybridized carbons (Fsp3) is 0.529. The topological polar surface area (TPSA) is 86.1 Å². The Hall–Kier alpha value is -2.56. The van der Waals surface area contributed by atoms with E-state index in [-0.39, 0.29) is 1.43 Å². The first-order valence-electron chi connectivity index (χ1n) is 8.02. The minimum absolute atomic E-state index is 0. The van der Waals surface area contributed by atoms with Crippen LogP contribution in [0.1, 0.15) is 37.7 Å². The summed E-state index contributed by atoms with van der Waals surface area (Å²) >= 11 is 0. The molecular weight excluding hydrogens is 330 g/mol. The van der Waals surface area contributed by atoms with Gasteiger partial charge in [0, 0.05) is 25.3 Å². The second kappa shape index (κ2) is 7.55. The third-order valence-corrected chi connectivity index (χ3v) is 3.84. The van der Waals surface area contributed by atoms with Crippen LogP contribution in [0.3, 0.4) is 0 Å². The molecule has 1 fully saturated rings. The fourth-order valence-electron chi connectivity index (χ4n) is 2.70. The third kappa shape index (κ3) is 4.95. The van der Waals surface area contributed by atoms with Crippen LogP contribution in [0.15, 0.2) is 18.3 Å². The van der Waals surface area contributed by atoms with E-state index in [0.29, 0.717) is 17.9 Å². The standard InChI is InChI=1S/C17H20F2N4O2.H2/c1-11(2)5-13-6-12(3-4-21-13)16(25)22-9-15(24)23-10-17(18,19)7-14(23)8-20;/h3-4,6,11,14H,5,7,9-10H2,1-2H3,(H,22,25);1H/t14-;/m0./s1. The van der Waals surface area contributed by atoms with E-state index in [1.54, 1.807) is 12.1 Å². The van der Waals surface area contributed by atoms with Crippen molar-refractivity contribution in [2.75, 3.05) is 13.1 Å². The lowest BCUT2D eigenvalue weighted by molar-refractivity contribution is -0.131. The molecule has 0 unspecified atom stereocenters. The van der Waals surface area contributed by atoms with E-state index in [0.717, 1.165) is 10.6 Å². The Labute approximate surface area is 146 Å². The SMILES string of the molecule is CC(C)Cc1cc(C(=O)NCC(=O)N2CC(F)(F)C[C@H]2C#N)ccn1.[HH]. The molecule has 0 aliphatic carbocycles. The summed E-state index contributed by atoms with van der Waals surface area (Å²) in [6, 6.07) is 3.69. The van der Waals surface area contributed by atoms with Gasteiger partial charge in [-0.15, -0.1) is 0 Å².